The number of rotatable bonds is 7. The number of nitrogens with zero attached hydrogens (tertiary/aromatic N) is 2. The highest BCUT2D eigenvalue weighted by molar-refractivity contribution is 7.99. The third-order valence-electron chi connectivity index (χ3n) is 5.07. The fraction of sp³-hybridized carbons (Fsp3) is 0.120. The van der Waals surface area contributed by atoms with E-state index in [1.165, 1.54) is 49.1 Å². The van der Waals surface area contributed by atoms with Crippen LogP contribution in [0.3, 0.4) is 0 Å². The number of fused-ring (bicyclic) bond motifs is 1. The summed E-state index contributed by atoms with van der Waals surface area (Å²) in [5, 5.41) is 0.549. The first-order valence-corrected chi connectivity index (χ1v) is 11.1. The molecule has 3 aromatic carbocycles. The van der Waals surface area contributed by atoms with Gasteiger partial charge in [0.05, 0.1) is 47.7 Å². The van der Waals surface area contributed by atoms with Crippen molar-refractivity contribution in [3.63, 3.8) is 0 Å². The molecule has 0 radical (unpaired) electrons. The number of aromatic nitrogens is 2. The Kier molecular flexibility index (Phi) is 6.74. The lowest BCUT2D eigenvalue weighted by Gasteiger charge is -2.14. The fourth-order valence-electron chi connectivity index (χ4n) is 3.42. The van der Waals surface area contributed by atoms with Gasteiger partial charge in [0, 0.05) is 0 Å². The second-order valence-electron chi connectivity index (χ2n) is 7.15. The first-order chi connectivity index (χ1) is 16.4. The number of carbonyl (C=O) groups is 2. The van der Waals surface area contributed by atoms with Crippen molar-refractivity contribution in [3.8, 4) is 11.4 Å². The molecule has 0 saturated carbocycles. The van der Waals surface area contributed by atoms with Crippen LogP contribution in [-0.4, -0.2) is 41.3 Å². The van der Waals surface area contributed by atoms with Crippen LogP contribution >= 0.6 is 11.8 Å². The third kappa shape index (κ3) is 4.55. The summed E-state index contributed by atoms with van der Waals surface area (Å²) in [7, 11) is 2.66. The lowest BCUT2D eigenvalue weighted by molar-refractivity contribution is 0.0600. The SMILES string of the molecule is COC(=O)c1ccc2c(=O)n(-c3ccccc3)c(SCC(=O)c3cc(F)ccc3OC)nc2c1. The van der Waals surface area contributed by atoms with Crippen LogP contribution in [0.4, 0.5) is 4.39 Å². The molecule has 0 aliphatic carbocycles. The summed E-state index contributed by atoms with van der Waals surface area (Å²) >= 11 is 1.03. The summed E-state index contributed by atoms with van der Waals surface area (Å²) in [6, 6.07) is 17.1. The first-order valence-electron chi connectivity index (χ1n) is 10.1. The highest BCUT2D eigenvalue weighted by atomic mass is 32.2. The minimum absolute atomic E-state index is 0.0948. The molecule has 7 nitrogen and oxygen atoms in total. The maximum atomic E-state index is 13.7. The van der Waals surface area contributed by atoms with E-state index in [4.69, 9.17) is 9.47 Å². The Morgan fingerprint density at radius 1 is 1.03 bits per heavy atom. The zero-order valence-corrected chi connectivity index (χ0v) is 19.1. The summed E-state index contributed by atoms with van der Waals surface area (Å²) in [5.74, 6) is -1.38. The molecule has 0 N–H and O–H groups in total. The second kappa shape index (κ2) is 9.88. The summed E-state index contributed by atoms with van der Waals surface area (Å²) in [5.41, 5.74) is 0.842. The molecule has 0 unspecified atom stereocenters. The Labute approximate surface area is 198 Å². The van der Waals surface area contributed by atoms with Gasteiger partial charge in [-0.15, -0.1) is 0 Å². The molecule has 0 atom stereocenters. The summed E-state index contributed by atoms with van der Waals surface area (Å²) in [6.45, 7) is 0. The van der Waals surface area contributed by atoms with E-state index in [1.807, 2.05) is 6.07 Å². The number of benzene rings is 3. The molecule has 34 heavy (non-hydrogen) atoms. The molecule has 1 heterocycles. The number of hydrogen-bond acceptors (Lipinski definition) is 7. The van der Waals surface area contributed by atoms with Crippen molar-refractivity contribution in [3.05, 3.63) is 94.0 Å². The number of methoxy groups -OCH3 is 2. The van der Waals surface area contributed by atoms with Gasteiger partial charge < -0.3 is 9.47 Å². The number of esters is 1. The van der Waals surface area contributed by atoms with Crippen LogP contribution in [0.25, 0.3) is 16.6 Å². The molecule has 0 aliphatic heterocycles. The third-order valence-corrected chi connectivity index (χ3v) is 6.01. The summed E-state index contributed by atoms with van der Waals surface area (Å²) < 4.78 is 25.1. The fourth-order valence-corrected chi connectivity index (χ4v) is 4.31. The van der Waals surface area contributed by atoms with Gasteiger partial charge in [0.1, 0.15) is 11.6 Å². The van der Waals surface area contributed by atoms with E-state index in [9.17, 15) is 18.8 Å². The quantitative estimate of drug-likeness (QED) is 0.169. The van der Waals surface area contributed by atoms with E-state index in [1.54, 1.807) is 24.3 Å². The Morgan fingerprint density at radius 3 is 2.50 bits per heavy atom. The molecule has 172 valence electrons. The van der Waals surface area contributed by atoms with Crippen molar-refractivity contribution in [1.29, 1.82) is 0 Å². The predicted molar refractivity (Wildman–Crippen MR) is 127 cm³/mol. The van der Waals surface area contributed by atoms with Gasteiger partial charge in [0.25, 0.3) is 5.56 Å². The number of ketones is 1. The smallest absolute Gasteiger partial charge is 0.337 e. The van der Waals surface area contributed by atoms with Gasteiger partial charge in [-0.05, 0) is 48.5 Å². The van der Waals surface area contributed by atoms with Gasteiger partial charge in [0.2, 0.25) is 0 Å². The van der Waals surface area contributed by atoms with Crippen molar-refractivity contribution < 1.29 is 23.5 Å². The highest BCUT2D eigenvalue weighted by Gasteiger charge is 2.19. The van der Waals surface area contributed by atoms with Crippen LogP contribution in [0.5, 0.6) is 5.75 Å². The zero-order chi connectivity index (χ0) is 24.2. The molecule has 0 spiro atoms. The van der Waals surface area contributed by atoms with Gasteiger partial charge in [-0.3, -0.25) is 14.2 Å². The second-order valence-corrected chi connectivity index (χ2v) is 8.09. The maximum absolute atomic E-state index is 13.7. The number of thioether (sulfide) groups is 1. The van der Waals surface area contributed by atoms with Crippen molar-refractivity contribution in [1.82, 2.24) is 9.55 Å². The largest absolute Gasteiger partial charge is 0.496 e. The van der Waals surface area contributed by atoms with Crippen LogP contribution in [0.15, 0.2) is 76.7 Å². The minimum Gasteiger partial charge on any atom is -0.496 e. The van der Waals surface area contributed by atoms with Crippen LogP contribution in [0.1, 0.15) is 20.7 Å². The summed E-state index contributed by atoms with van der Waals surface area (Å²) in [6.07, 6.45) is 0. The monoisotopic (exact) mass is 478 g/mol. The Balaban J connectivity index is 1.79. The van der Waals surface area contributed by atoms with Gasteiger partial charge in [-0.2, -0.15) is 0 Å². The lowest BCUT2D eigenvalue weighted by Crippen LogP contribution is -2.22. The Bertz CT molecular complexity index is 1450. The van der Waals surface area contributed by atoms with Crippen molar-refractivity contribution in [2.24, 2.45) is 0 Å². The standard InChI is InChI=1S/C25H19FN2O5S/c1-32-22-11-9-16(26)13-19(22)21(29)14-34-25-27-20-12-15(24(31)33-2)8-10-18(20)23(30)28(25)17-6-4-3-5-7-17/h3-13H,14H2,1-2H3. The van der Waals surface area contributed by atoms with Crippen LogP contribution in [0.2, 0.25) is 0 Å². The Morgan fingerprint density at radius 2 is 1.79 bits per heavy atom. The highest BCUT2D eigenvalue weighted by Crippen LogP contribution is 2.26. The first kappa shape index (κ1) is 23.2. The van der Waals surface area contributed by atoms with Crippen LogP contribution in [0, 0.1) is 5.82 Å². The van der Waals surface area contributed by atoms with E-state index in [2.05, 4.69) is 4.98 Å². The summed E-state index contributed by atoms with van der Waals surface area (Å²) in [4.78, 5) is 42.8. The normalized spacial score (nSPS) is 10.8. The molecule has 4 aromatic rings. The van der Waals surface area contributed by atoms with E-state index in [-0.39, 0.29) is 33.3 Å². The number of halogens is 1. The van der Waals surface area contributed by atoms with Gasteiger partial charge in [-0.1, -0.05) is 30.0 Å². The van der Waals surface area contributed by atoms with Crippen molar-refractivity contribution in [2.45, 2.75) is 5.16 Å². The van der Waals surface area contributed by atoms with Gasteiger partial charge >= 0.3 is 5.97 Å². The van der Waals surface area contributed by atoms with Crippen LogP contribution in [-0.2, 0) is 4.74 Å². The average Bonchev–Trinajstić information content (AvgIpc) is 2.87. The van der Waals surface area contributed by atoms with E-state index in [0.717, 1.165) is 17.8 Å². The maximum Gasteiger partial charge on any atom is 0.337 e. The van der Waals surface area contributed by atoms with E-state index >= 15 is 0 Å². The molecule has 0 fully saturated rings. The number of Topliss-reactive ketones (excluding diaryl/α,β-unsaturated/α-hetero) is 1. The number of para-hydroxylation sites is 1. The lowest BCUT2D eigenvalue weighted by atomic mass is 10.1. The molecular formula is C25H19FN2O5S. The number of ether oxygens (including phenoxy) is 2. The van der Waals surface area contributed by atoms with Crippen LogP contribution < -0.4 is 10.3 Å². The van der Waals surface area contributed by atoms with Gasteiger partial charge in [0.15, 0.2) is 10.9 Å². The molecule has 1 aromatic heterocycles. The molecule has 4 rings (SSSR count). The molecule has 0 saturated heterocycles. The average molecular weight is 479 g/mol. The molecule has 9 heteroatoms. The minimum atomic E-state index is -0.561. The van der Waals surface area contributed by atoms with E-state index < -0.39 is 17.6 Å². The Hall–Kier alpha value is -3.98. The topological polar surface area (TPSA) is 87.5 Å². The number of hydrogen-bond donors (Lipinski definition) is 0. The predicted octanol–water partition coefficient (Wildman–Crippen LogP) is 4.30. The molecule has 0 amide bonds. The molecule has 0 bridgehead atoms. The van der Waals surface area contributed by atoms with E-state index in [0.29, 0.717) is 16.6 Å². The van der Waals surface area contributed by atoms with Crippen molar-refractivity contribution in [2.75, 3.05) is 20.0 Å². The number of carbonyl (C=O) groups excluding carboxylic acids is 2. The van der Waals surface area contributed by atoms with Gasteiger partial charge in [-0.25, -0.2) is 14.2 Å². The molecular weight excluding hydrogens is 459 g/mol. The molecule has 0 aliphatic rings. The van der Waals surface area contributed by atoms with Crippen molar-refractivity contribution >= 4 is 34.4 Å². The zero-order valence-electron chi connectivity index (χ0n) is 18.3.